The van der Waals surface area contributed by atoms with Gasteiger partial charge < -0.3 is 10.6 Å². The molecule has 3 N–H and O–H groups in total. The van der Waals surface area contributed by atoms with Crippen molar-refractivity contribution in [2.45, 2.75) is 84.0 Å². The largest absolute Gasteiger partial charge is 0.324 e. The number of benzene rings is 2. The van der Waals surface area contributed by atoms with Crippen LogP contribution in [-0.4, -0.2) is 34.7 Å². The molecule has 41 heavy (non-hydrogen) atoms. The van der Waals surface area contributed by atoms with Gasteiger partial charge in [-0.1, -0.05) is 76.3 Å². The highest BCUT2D eigenvalue weighted by Gasteiger charge is 2.33. The molecular weight excluding hydrogens is 510 g/mol. The van der Waals surface area contributed by atoms with Crippen molar-refractivity contribution in [2.24, 2.45) is 11.8 Å². The molecule has 2 fully saturated rings. The Morgan fingerprint density at radius 2 is 1.68 bits per heavy atom. The molecule has 7 heteroatoms. The molecule has 1 aliphatic heterocycles. The molecule has 218 valence electrons. The number of nitrogens with zero attached hydrogens (tertiary/aromatic N) is 2. The number of aryl methyl sites for hydroxylation is 1. The van der Waals surface area contributed by atoms with E-state index in [1.165, 1.54) is 25.7 Å². The van der Waals surface area contributed by atoms with Gasteiger partial charge in [0.15, 0.2) is 0 Å². The number of carbonyl (C=O) groups excluding carboxylic acids is 2. The minimum atomic E-state index is -0.341. The van der Waals surface area contributed by atoms with Crippen LogP contribution in [0.1, 0.15) is 88.5 Å². The summed E-state index contributed by atoms with van der Waals surface area (Å²) in [6.07, 6.45) is 7.49. The summed E-state index contributed by atoms with van der Waals surface area (Å²) < 4.78 is 1.78. The lowest BCUT2D eigenvalue weighted by Gasteiger charge is -2.31. The normalized spacial score (nSPS) is 17.4. The zero-order valence-electron chi connectivity index (χ0n) is 25.0. The average Bonchev–Trinajstić information content (AvgIpc) is 3.60. The molecule has 2 aliphatic rings. The zero-order chi connectivity index (χ0) is 29.0. The van der Waals surface area contributed by atoms with Crippen molar-refractivity contribution in [3.05, 3.63) is 71.4 Å². The van der Waals surface area contributed by atoms with Gasteiger partial charge in [0.1, 0.15) is 11.6 Å². The van der Waals surface area contributed by atoms with Gasteiger partial charge in [0.05, 0.1) is 11.4 Å². The Balaban J connectivity index is 1.35. The maximum Gasteiger partial charge on any atom is 0.324 e. The number of rotatable bonds is 8. The first-order chi connectivity index (χ1) is 19.7. The van der Waals surface area contributed by atoms with Crippen molar-refractivity contribution >= 4 is 23.3 Å². The fourth-order valence-electron chi connectivity index (χ4n) is 6.33. The van der Waals surface area contributed by atoms with E-state index in [1.54, 1.807) is 4.68 Å². The Kier molecular flexibility index (Phi) is 8.93. The first-order valence-corrected chi connectivity index (χ1v) is 15.3. The number of amides is 2. The van der Waals surface area contributed by atoms with E-state index >= 15 is 0 Å². The van der Waals surface area contributed by atoms with E-state index in [9.17, 15) is 9.59 Å². The van der Waals surface area contributed by atoms with Gasteiger partial charge in [-0.05, 0) is 74.5 Å². The van der Waals surface area contributed by atoms with E-state index in [1.807, 2.05) is 55.5 Å². The molecule has 1 aromatic heterocycles. The molecule has 0 bridgehead atoms. The number of aromatic nitrogens is 2. The van der Waals surface area contributed by atoms with E-state index in [4.69, 9.17) is 5.10 Å². The van der Waals surface area contributed by atoms with E-state index in [0.717, 1.165) is 48.4 Å². The van der Waals surface area contributed by atoms with Gasteiger partial charge >= 0.3 is 6.03 Å². The van der Waals surface area contributed by atoms with Crippen molar-refractivity contribution < 1.29 is 9.59 Å². The van der Waals surface area contributed by atoms with Crippen LogP contribution in [0.3, 0.4) is 0 Å². The Morgan fingerprint density at radius 3 is 2.37 bits per heavy atom. The van der Waals surface area contributed by atoms with E-state index in [0.29, 0.717) is 35.5 Å². The van der Waals surface area contributed by atoms with Crippen LogP contribution in [0.5, 0.6) is 0 Å². The van der Waals surface area contributed by atoms with Crippen molar-refractivity contribution in [3.63, 3.8) is 0 Å². The topological polar surface area (TPSA) is 88.1 Å². The number of carbonyl (C=O) groups is 2. The van der Waals surface area contributed by atoms with Crippen molar-refractivity contribution in [3.8, 4) is 5.69 Å². The molecule has 1 saturated heterocycles. The van der Waals surface area contributed by atoms with Gasteiger partial charge in [-0.25, -0.2) is 9.48 Å². The highest BCUT2D eigenvalue weighted by molar-refractivity contribution is 5.99. The number of hydrogen-bond acceptors (Lipinski definition) is 4. The fraction of sp³-hybridized carbons (Fsp3) is 0.500. The molecule has 1 atom stereocenters. The van der Waals surface area contributed by atoms with Gasteiger partial charge in [-0.3, -0.25) is 10.1 Å². The second-order valence-electron chi connectivity index (χ2n) is 13.0. The predicted molar refractivity (Wildman–Crippen MR) is 166 cm³/mol. The molecule has 0 radical (unpaired) electrons. The summed E-state index contributed by atoms with van der Waals surface area (Å²) >= 11 is 0. The van der Waals surface area contributed by atoms with Crippen LogP contribution in [-0.2, 0) is 10.2 Å². The van der Waals surface area contributed by atoms with E-state index < -0.39 is 0 Å². The minimum absolute atomic E-state index is 0.125. The van der Waals surface area contributed by atoms with Crippen molar-refractivity contribution in [2.75, 3.05) is 23.7 Å². The Hall–Kier alpha value is -3.45. The third kappa shape index (κ3) is 7.25. The Labute approximate surface area is 244 Å². The quantitative estimate of drug-likeness (QED) is 0.271. The molecule has 1 saturated carbocycles. The monoisotopic (exact) mass is 555 g/mol. The highest BCUT2D eigenvalue weighted by atomic mass is 16.2. The SMILES string of the molecule is Cc1ccc(-n2nc(C(C)(C)C)cc2NC(=O)Nc2cccc(C(C(=O)CC3CCCC3)C3CCNCC3)c2)cc1. The van der Waals surface area contributed by atoms with Crippen LogP contribution in [0.2, 0.25) is 0 Å². The summed E-state index contributed by atoms with van der Waals surface area (Å²) in [6.45, 7) is 10.3. The molecule has 1 unspecified atom stereocenters. The molecule has 5 rings (SSSR count). The second kappa shape index (κ2) is 12.6. The first-order valence-electron chi connectivity index (χ1n) is 15.3. The lowest BCUT2D eigenvalue weighted by molar-refractivity contribution is -0.122. The summed E-state index contributed by atoms with van der Waals surface area (Å²) in [6, 6.07) is 17.6. The standard InChI is InChI=1S/C34H45N5O2/c1-23-12-14-28(15-13-23)39-31(22-30(38-39)34(2,3)4)37-33(41)36-27-11-7-10-26(21-27)32(25-16-18-35-19-17-25)29(40)20-24-8-5-6-9-24/h7,10-15,21-22,24-25,32,35H,5-6,8-9,16-20H2,1-4H3,(H2,36,37,41). The molecule has 2 aromatic carbocycles. The molecule has 1 aliphatic carbocycles. The highest BCUT2D eigenvalue weighted by Crippen LogP contribution is 2.37. The van der Waals surface area contributed by atoms with Crippen LogP contribution in [0.15, 0.2) is 54.6 Å². The number of piperidine rings is 1. The number of urea groups is 1. The summed E-state index contributed by atoms with van der Waals surface area (Å²) in [4.78, 5) is 27.0. The Bertz CT molecular complexity index is 1340. The van der Waals surface area contributed by atoms with Crippen LogP contribution in [0.4, 0.5) is 16.3 Å². The summed E-state index contributed by atoms with van der Waals surface area (Å²) in [5, 5.41) is 14.3. The maximum absolute atomic E-state index is 13.7. The van der Waals surface area contributed by atoms with Gasteiger partial charge in [0, 0.05) is 29.5 Å². The smallest absolute Gasteiger partial charge is 0.317 e. The fourth-order valence-corrected chi connectivity index (χ4v) is 6.33. The van der Waals surface area contributed by atoms with Crippen LogP contribution >= 0.6 is 0 Å². The van der Waals surface area contributed by atoms with Crippen LogP contribution in [0.25, 0.3) is 5.69 Å². The summed E-state index contributed by atoms with van der Waals surface area (Å²) in [5.74, 6) is 1.69. The molecular formula is C34H45N5O2. The average molecular weight is 556 g/mol. The lowest BCUT2D eigenvalue weighted by atomic mass is 9.76. The van der Waals surface area contributed by atoms with Gasteiger partial charge in [0.2, 0.25) is 0 Å². The van der Waals surface area contributed by atoms with E-state index in [-0.39, 0.29) is 17.4 Å². The Morgan fingerprint density at radius 1 is 0.976 bits per heavy atom. The minimum Gasteiger partial charge on any atom is -0.317 e. The zero-order valence-corrected chi connectivity index (χ0v) is 25.0. The lowest BCUT2D eigenvalue weighted by Crippen LogP contribution is -2.34. The summed E-state index contributed by atoms with van der Waals surface area (Å²) in [5.41, 5.74) is 4.46. The molecule has 3 aromatic rings. The predicted octanol–water partition coefficient (Wildman–Crippen LogP) is 7.35. The number of Topliss-reactive ketones (excluding diaryl/α,β-unsaturated/α-hetero) is 1. The third-order valence-corrected chi connectivity index (χ3v) is 8.67. The molecule has 7 nitrogen and oxygen atoms in total. The van der Waals surface area contributed by atoms with Gasteiger partial charge in [0.25, 0.3) is 0 Å². The first kappa shape index (κ1) is 29.1. The van der Waals surface area contributed by atoms with Crippen LogP contribution in [0, 0.1) is 18.8 Å². The van der Waals surface area contributed by atoms with Gasteiger partial charge in [-0.15, -0.1) is 0 Å². The number of anilines is 2. The summed E-state index contributed by atoms with van der Waals surface area (Å²) in [7, 11) is 0. The van der Waals surface area contributed by atoms with Gasteiger partial charge in [-0.2, -0.15) is 5.10 Å². The maximum atomic E-state index is 13.7. The number of ketones is 1. The molecule has 2 heterocycles. The molecule has 2 amide bonds. The third-order valence-electron chi connectivity index (χ3n) is 8.67. The molecule has 0 spiro atoms. The van der Waals surface area contributed by atoms with Crippen molar-refractivity contribution in [1.29, 1.82) is 0 Å². The number of nitrogens with one attached hydrogen (secondary N) is 3. The van der Waals surface area contributed by atoms with Crippen molar-refractivity contribution in [1.82, 2.24) is 15.1 Å². The van der Waals surface area contributed by atoms with E-state index in [2.05, 4.69) is 42.8 Å². The van der Waals surface area contributed by atoms with Crippen LogP contribution < -0.4 is 16.0 Å². The second-order valence-corrected chi connectivity index (χ2v) is 13.0. The number of hydrogen-bond donors (Lipinski definition) is 3.